The molecule has 15 nitrogen and oxygen atoms in total. The number of ether oxygens (including phenoxy) is 1. The third-order valence-electron chi connectivity index (χ3n) is 7.36. The van der Waals surface area contributed by atoms with Gasteiger partial charge in [-0.1, -0.05) is 6.07 Å². The van der Waals surface area contributed by atoms with Crippen LogP contribution in [0.25, 0.3) is 11.2 Å². The molecule has 16 heteroatoms. The summed E-state index contributed by atoms with van der Waals surface area (Å²) in [4.78, 5) is 40.9. The number of nitrogens with one attached hydrogen (secondary N) is 2. The van der Waals surface area contributed by atoms with E-state index in [1.807, 2.05) is 18.2 Å². The summed E-state index contributed by atoms with van der Waals surface area (Å²) in [7, 11) is 0. The number of likely N-dealkylation sites (N-methyl/N-ethyl adjacent to an activating group) is 1. The summed E-state index contributed by atoms with van der Waals surface area (Å²) in [6.07, 6.45) is -3.76. The first-order chi connectivity index (χ1) is 20.2. The highest BCUT2D eigenvalue weighted by Gasteiger charge is 2.47. The van der Waals surface area contributed by atoms with Crippen LogP contribution in [0, 0.1) is 0 Å². The number of aliphatic hydroxyl groups is 2. The average Bonchev–Trinajstić information content (AvgIpc) is 3.50. The van der Waals surface area contributed by atoms with Crippen molar-refractivity contribution >= 4 is 56.4 Å². The number of rotatable bonds is 10. The molecule has 0 unspecified atom stereocenters. The molecule has 42 heavy (non-hydrogen) atoms. The maximum absolute atomic E-state index is 12.3. The van der Waals surface area contributed by atoms with Gasteiger partial charge in [0.15, 0.2) is 23.8 Å². The molecule has 3 aromatic rings. The second-order valence-corrected chi connectivity index (χ2v) is 11.0. The molecule has 2 aliphatic rings. The molecule has 0 bridgehead atoms. The Morgan fingerprint density at radius 1 is 1.17 bits per heavy atom. The number of fused-ring (bicyclic) bond motifs is 1. The first kappa shape index (κ1) is 29.9. The number of aliphatic carboxylic acids is 1. The number of nitrogen functional groups attached to an aromatic ring is 1. The number of carboxylic acids is 1. The van der Waals surface area contributed by atoms with Crippen LogP contribution in [-0.2, 0) is 20.7 Å². The lowest BCUT2D eigenvalue weighted by Crippen LogP contribution is -2.47. The molecule has 2 aliphatic heterocycles. The molecule has 4 heterocycles. The zero-order valence-electron chi connectivity index (χ0n) is 23.0. The van der Waals surface area contributed by atoms with E-state index in [4.69, 9.17) is 15.6 Å². The Labute approximate surface area is 249 Å². The largest absolute Gasteiger partial charge is 0.481 e. The minimum Gasteiger partial charge on any atom is -0.481 e. The highest BCUT2D eigenvalue weighted by molar-refractivity contribution is 9.10. The first-order valence-electron chi connectivity index (χ1n) is 13.7. The fourth-order valence-electron chi connectivity index (χ4n) is 5.21. The molecular weight excluding hydrogens is 614 g/mol. The zero-order chi connectivity index (χ0) is 30.0. The van der Waals surface area contributed by atoms with Crippen LogP contribution < -0.4 is 21.3 Å². The quantitative estimate of drug-likeness (QED) is 0.169. The van der Waals surface area contributed by atoms with Gasteiger partial charge in [0.2, 0.25) is 5.95 Å². The lowest BCUT2D eigenvalue weighted by molar-refractivity contribution is -0.137. The second kappa shape index (κ2) is 12.7. The summed E-state index contributed by atoms with van der Waals surface area (Å²) in [5.74, 6) is -0.958. The monoisotopic (exact) mass is 647 g/mol. The highest BCUT2D eigenvalue weighted by Crippen LogP contribution is 2.33. The summed E-state index contributed by atoms with van der Waals surface area (Å²) in [5, 5.41) is 35.8. The predicted molar refractivity (Wildman–Crippen MR) is 157 cm³/mol. The van der Waals surface area contributed by atoms with Crippen LogP contribution in [0.5, 0.6) is 0 Å². The third kappa shape index (κ3) is 6.27. The molecule has 2 aromatic heterocycles. The van der Waals surface area contributed by atoms with Crippen molar-refractivity contribution in [2.75, 3.05) is 61.8 Å². The van der Waals surface area contributed by atoms with Crippen molar-refractivity contribution in [1.29, 1.82) is 0 Å². The molecule has 2 fully saturated rings. The Bertz CT molecular complexity index is 1450. The van der Waals surface area contributed by atoms with Gasteiger partial charge in [0.25, 0.3) is 5.91 Å². The number of hydrogen-bond donors (Lipinski definition) is 6. The van der Waals surface area contributed by atoms with Crippen LogP contribution in [0.3, 0.4) is 0 Å². The van der Waals surface area contributed by atoms with Gasteiger partial charge in [0.1, 0.15) is 17.7 Å². The lowest BCUT2D eigenvalue weighted by atomic mass is 10.1. The number of anilines is 3. The van der Waals surface area contributed by atoms with Gasteiger partial charge in [-0.15, -0.1) is 0 Å². The number of carbonyl (C=O) groups excluding carboxylic acids is 1. The Hall–Kier alpha value is -3.57. The molecule has 0 radical (unpaired) electrons. The van der Waals surface area contributed by atoms with Gasteiger partial charge in [-0.25, -0.2) is 4.98 Å². The number of aliphatic hydroxyl groups excluding tert-OH is 2. The maximum Gasteiger partial charge on any atom is 0.307 e. The van der Waals surface area contributed by atoms with Gasteiger partial charge in [0, 0.05) is 50.3 Å². The van der Waals surface area contributed by atoms with Crippen molar-refractivity contribution in [3.8, 4) is 0 Å². The van der Waals surface area contributed by atoms with Crippen LogP contribution in [-0.4, -0.2) is 116 Å². The Morgan fingerprint density at radius 2 is 1.93 bits per heavy atom. The van der Waals surface area contributed by atoms with E-state index in [0.717, 1.165) is 48.4 Å². The normalized spacial score (nSPS) is 22.9. The molecule has 0 saturated carbocycles. The number of hydrogen-bond acceptors (Lipinski definition) is 12. The molecule has 5 rings (SSSR count). The number of nitrogens with zero attached hydrogens (tertiary/aromatic N) is 6. The van der Waals surface area contributed by atoms with Gasteiger partial charge in [-0.3, -0.25) is 19.1 Å². The number of benzene rings is 1. The zero-order valence-corrected chi connectivity index (χ0v) is 24.6. The van der Waals surface area contributed by atoms with Crippen molar-refractivity contribution < 1.29 is 29.6 Å². The van der Waals surface area contributed by atoms with Gasteiger partial charge in [-0.2, -0.15) is 9.97 Å². The van der Waals surface area contributed by atoms with Gasteiger partial charge in [-0.05, 0) is 40.5 Å². The smallest absolute Gasteiger partial charge is 0.307 e. The molecule has 226 valence electrons. The Balaban J connectivity index is 1.18. The highest BCUT2D eigenvalue weighted by atomic mass is 79.9. The van der Waals surface area contributed by atoms with Crippen molar-refractivity contribution in [3.63, 3.8) is 0 Å². The number of carbonyl (C=O) groups is 2. The average molecular weight is 649 g/mol. The number of halogens is 1. The second-order valence-electron chi connectivity index (χ2n) is 10.2. The molecule has 0 aliphatic carbocycles. The number of carboxylic acid groups (broad SMARTS) is 1. The minimum absolute atomic E-state index is 0.0119. The van der Waals surface area contributed by atoms with Crippen LogP contribution in [0.1, 0.15) is 18.7 Å². The van der Waals surface area contributed by atoms with E-state index in [2.05, 4.69) is 51.3 Å². The summed E-state index contributed by atoms with van der Waals surface area (Å²) in [6, 6.07) is 5.66. The number of amides is 1. The summed E-state index contributed by atoms with van der Waals surface area (Å²) < 4.78 is 8.04. The van der Waals surface area contributed by atoms with Crippen molar-refractivity contribution in [2.24, 2.45) is 0 Å². The summed E-state index contributed by atoms with van der Waals surface area (Å²) in [5.41, 5.74) is 8.54. The van der Waals surface area contributed by atoms with E-state index in [1.165, 1.54) is 10.9 Å². The van der Waals surface area contributed by atoms with E-state index in [9.17, 15) is 19.8 Å². The standard InChI is InChI=1S/C26H34BrN9O6/c1-2-29-24(41)21-19(39)20(40)25(42-21)36-13-31-18-22(28)32-26(33-23(18)36)30-5-6-34-7-9-35(10-8-34)16-4-3-14(11-15(16)27)12-17(37)38/h3-4,11,13,19-21,25,39-40H,2,5-10,12H2,1H3,(H,29,41)(H,37,38)(H3,28,30,32,33)/t19-,20+,21-,25+/m0/s1. The van der Waals surface area contributed by atoms with Gasteiger partial charge >= 0.3 is 5.97 Å². The van der Waals surface area contributed by atoms with Crippen LogP contribution >= 0.6 is 15.9 Å². The number of imidazole rings is 1. The molecule has 1 aromatic carbocycles. The van der Waals surface area contributed by atoms with E-state index < -0.39 is 36.4 Å². The predicted octanol–water partition coefficient (Wildman–Crippen LogP) is -0.212. The molecular formula is C26H34BrN9O6. The first-order valence-corrected chi connectivity index (χ1v) is 14.5. The molecule has 7 N–H and O–H groups in total. The van der Waals surface area contributed by atoms with Gasteiger partial charge < -0.3 is 41.3 Å². The molecule has 0 spiro atoms. The Kier molecular flexibility index (Phi) is 9.08. The van der Waals surface area contributed by atoms with E-state index >= 15 is 0 Å². The number of nitrogens with two attached hydrogens (primary N) is 1. The summed E-state index contributed by atoms with van der Waals surface area (Å²) >= 11 is 3.58. The van der Waals surface area contributed by atoms with E-state index in [0.29, 0.717) is 24.3 Å². The van der Waals surface area contributed by atoms with Crippen molar-refractivity contribution in [2.45, 2.75) is 37.9 Å². The fourth-order valence-corrected chi connectivity index (χ4v) is 5.89. The van der Waals surface area contributed by atoms with E-state index in [1.54, 1.807) is 6.92 Å². The fraction of sp³-hybridized carbons (Fsp3) is 0.500. The molecule has 1 amide bonds. The summed E-state index contributed by atoms with van der Waals surface area (Å²) in [6.45, 7) is 6.70. The van der Waals surface area contributed by atoms with Crippen molar-refractivity contribution in [1.82, 2.24) is 29.7 Å². The number of aromatic nitrogens is 4. The lowest BCUT2D eigenvalue weighted by Gasteiger charge is -2.36. The van der Waals surface area contributed by atoms with Crippen LogP contribution in [0.15, 0.2) is 29.0 Å². The molecule has 4 atom stereocenters. The Morgan fingerprint density at radius 3 is 2.62 bits per heavy atom. The van der Waals surface area contributed by atoms with E-state index in [-0.39, 0.29) is 18.2 Å². The van der Waals surface area contributed by atoms with Crippen LogP contribution in [0.2, 0.25) is 0 Å². The topological polar surface area (TPSA) is 204 Å². The SMILES string of the molecule is CCNC(=O)[C@H]1O[C@@H](n2cnc3c(N)nc(NCCN4CCN(c5ccc(CC(=O)O)cc5Br)CC4)nc32)[C@H](O)[C@@H]1O. The minimum atomic E-state index is -1.42. The third-order valence-corrected chi connectivity index (χ3v) is 8.00. The van der Waals surface area contributed by atoms with Crippen LogP contribution in [0.4, 0.5) is 17.5 Å². The number of piperazine rings is 1. The van der Waals surface area contributed by atoms with Gasteiger partial charge in [0.05, 0.1) is 18.4 Å². The maximum atomic E-state index is 12.3. The molecule has 2 saturated heterocycles. The van der Waals surface area contributed by atoms with Crippen molar-refractivity contribution in [3.05, 3.63) is 34.6 Å².